The Morgan fingerprint density at radius 1 is 1.40 bits per heavy atom. The molecule has 0 aromatic heterocycles. The summed E-state index contributed by atoms with van der Waals surface area (Å²) in [5.41, 5.74) is 1.54. The summed E-state index contributed by atoms with van der Waals surface area (Å²) in [6, 6.07) is 4.13. The lowest BCUT2D eigenvalue weighted by Crippen LogP contribution is -2.74. The molecule has 0 bridgehead atoms. The van der Waals surface area contributed by atoms with E-state index in [4.69, 9.17) is 9.57 Å². The number of carbonyl (C=O) groups excluding carboxylic acids is 2. The summed E-state index contributed by atoms with van der Waals surface area (Å²) in [7, 11) is 1.41. The third-order valence-electron chi connectivity index (χ3n) is 4.86. The molecule has 2 aliphatic rings. The number of non-ortho nitro benzene ring substituents is 1. The van der Waals surface area contributed by atoms with Crippen LogP contribution in [0.25, 0.3) is 0 Å². The van der Waals surface area contributed by atoms with Crippen LogP contribution in [0, 0.1) is 15.5 Å². The van der Waals surface area contributed by atoms with E-state index in [9.17, 15) is 29.6 Å². The van der Waals surface area contributed by atoms with Crippen LogP contribution < -0.4 is 10.8 Å². The molecule has 0 saturated carbocycles. The van der Waals surface area contributed by atoms with Crippen LogP contribution in [0.1, 0.15) is 5.56 Å². The van der Waals surface area contributed by atoms with Gasteiger partial charge in [0.25, 0.3) is 5.69 Å². The fourth-order valence-electron chi connectivity index (χ4n) is 3.25. The molecule has 12 nitrogen and oxygen atoms in total. The number of ether oxygens (including phenoxy) is 1. The third-order valence-corrected chi connectivity index (χ3v) is 6.44. The Hall–Kier alpha value is -2.90. The van der Waals surface area contributed by atoms with E-state index in [0.717, 1.165) is 0 Å². The van der Waals surface area contributed by atoms with E-state index in [1.54, 1.807) is 0 Å². The second-order valence-corrected chi connectivity index (χ2v) is 8.06. The number of aliphatic carboxylic acids is 1. The topological polar surface area (TPSA) is 160 Å². The van der Waals surface area contributed by atoms with Crippen molar-refractivity contribution in [3.63, 3.8) is 0 Å². The number of thioether (sulfide) groups is 1. The van der Waals surface area contributed by atoms with Gasteiger partial charge in [0.15, 0.2) is 0 Å². The van der Waals surface area contributed by atoms with Crippen LogP contribution in [-0.4, -0.2) is 70.3 Å². The summed E-state index contributed by atoms with van der Waals surface area (Å²) in [5, 5.41) is 22.3. The third kappa shape index (κ3) is 4.32. The largest absolute Gasteiger partial charge is 0.481 e. The maximum Gasteiger partial charge on any atom is 0.339 e. The second kappa shape index (κ2) is 8.85. The molecule has 2 unspecified atom stereocenters. The molecule has 2 saturated heterocycles. The highest BCUT2D eigenvalue weighted by Crippen LogP contribution is 2.42. The predicted octanol–water partition coefficient (Wildman–Crippen LogP) is 0.327. The lowest BCUT2D eigenvalue weighted by molar-refractivity contribution is -0.384. The van der Waals surface area contributed by atoms with Gasteiger partial charge >= 0.3 is 12.0 Å². The molecule has 2 aliphatic heterocycles. The number of benzene rings is 1. The second-order valence-electron chi connectivity index (χ2n) is 6.95. The van der Waals surface area contributed by atoms with E-state index < -0.39 is 28.4 Å². The molecule has 0 spiro atoms. The number of rotatable bonds is 8. The van der Waals surface area contributed by atoms with E-state index in [-0.39, 0.29) is 42.5 Å². The molecule has 1 aromatic rings. The molecule has 3 amide bonds. The molecule has 162 valence electrons. The van der Waals surface area contributed by atoms with Crippen LogP contribution in [0.5, 0.6) is 0 Å². The number of hydrogen-bond donors (Lipinski definition) is 3. The number of fused-ring (bicyclic) bond motifs is 1. The number of carboxylic acid groups (broad SMARTS) is 1. The Morgan fingerprint density at radius 2 is 2.10 bits per heavy atom. The standard InChI is InChI=1S/C17H20N4O8S/c1-28-8-17(15(23)24)7-20-13(22)12(14(20)30-9-17)18-16(25)19-29-6-10-2-4-11(5-3-10)21(26)27/h2-5,12,14H,6-9H2,1H3,(H,23,24)(H2,18,19,25)/t12?,14-,17?/m1/s1. The first-order valence-corrected chi connectivity index (χ1v) is 9.88. The normalized spacial score (nSPS) is 25.1. The van der Waals surface area contributed by atoms with Crippen molar-refractivity contribution >= 4 is 35.4 Å². The Bertz CT molecular complexity index is 851. The van der Waals surface area contributed by atoms with Gasteiger partial charge < -0.3 is 20.1 Å². The highest BCUT2D eigenvalue weighted by molar-refractivity contribution is 8.00. The Kier molecular flexibility index (Phi) is 6.43. The van der Waals surface area contributed by atoms with E-state index in [0.29, 0.717) is 5.56 Å². The van der Waals surface area contributed by atoms with Gasteiger partial charge in [0.1, 0.15) is 16.8 Å². The molecule has 30 heavy (non-hydrogen) atoms. The number of nitrogens with zero attached hydrogens (tertiary/aromatic N) is 2. The number of nitrogens with one attached hydrogen (secondary N) is 2. The van der Waals surface area contributed by atoms with Gasteiger partial charge in [-0.1, -0.05) is 0 Å². The van der Waals surface area contributed by atoms with Gasteiger partial charge in [0, 0.05) is 31.5 Å². The van der Waals surface area contributed by atoms with Crippen molar-refractivity contribution in [1.29, 1.82) is 0 Å². The highest BCUT2D eigenvalue weighted by atomic mass is 32.2. The van der Waals surface area contributed by atoms with Crippen LogP contribution in [0.3, 0.4) is 0 Å². The zero-order chi connectivity index (χ0) is 21.9. The fraction of sp³-hybridized carbons (Fsp3) is 0.471. The maximum atomic E-state index is 12.4. The number of methoxy groups -OCH3 is 1. The molecule has 0 aliphatic carbocycles. The average molecular weight is 440 g/mol. The van der Waals surface area contributed by atoms with Crippen molar-refractivity contribution < 1.29 is 34.0 Å². The number of urea groups is 1. The first-order chi connectivity index (χ1) is 14.3. The SMILES string of the molecule is COCC1(C(=O)O)CS[C@@H]2C(NC(=O)NOCc3ccc([N+](=O)[O-])cc3)C(=O)N2C1. The number of nitro groups is 1. The number of hydroxylamine groups is 1. The van der Waals surface area contributed by atoms with Gasteiger partial charge in [-0.25, -0.2) is 10.3 Å². The van der Waals surface area contributed by atoms with Crippen molar-refractivity contribution in [2.75, 3.05) is 26.0 Å². The number of hydrogen-bond acceptors (Lipinski definition) is 8. The van der Waals surface area contributed by atoms with E-state index >= 15 is 0 Å². The van der Waals surface area contributed by atoms with Gasteiger partial charge in [-0.2, -0.15) is 0 Å². The zero-order valence-corrected chi connectivity index (χ0v) is 16.7. The van der Waals surface area contributed by atoms with Crippen molar-refractivity contribution in [2.24, 2.45) is 5.41 Å². The summed E-state index contributed by atoms with van der Waals surface area (Å²) in [4.78, 5) is 52.6. The minimum absolute atomic E-state index is 0.0130. The number of β-lactam (4-membered cyclic amide) rings is 1. The van der Waals surface area contributed by atoms with E-state index in [2.05, 4.69) is 10.8 Å². The average Bonchev–Trinajstić information content (AvgIpc) is 2.72. The van der Waals surface area contributed by atoms with Crippen molar-refractivity contribution in [3.8, 4) is 0 Å². The Balaban J connectivity index is 1.46. The van der Waals surface area contributed by atoms with Gasteiger partial charge in [0.2, 0.25) is 5.91 Å². The first kappa shape index (κ1) is 21.8. The highest BCUT2D eigenvalue weighted by Gasteiger charge is 2.57. The molecule has 0 radical (unpaired) electrons. The smallest absolute Gasteiger partial charge is 0.339 e. The molecule has 3 atom stereocenters. The van der Waals surface area contributed by atoms with Crippen LogP contribution in [0.15, 0.2) is 24.3 Å². The number of carboxylic acids is 1. The van der Waals surface area contributed by atoms with Crippen molar-refractivity contribution in [1.82, 2.24) is 15.7 Å². The van der Waals surface area contributed by atoms with E-state index in [1.807, 2.05) is 0 Å². The predicted molar refractivity (Wildman–Crippen MR) is 103 cm³/mol. The molecule has 13 heteroatoms. The summed E-state index contributed by atoms with van der Waals surface area (Å²) >= 11 is 1.27. The maximum absolute atomic E-state index is 12.4. The molecule has 1 aromatic carbocycles. The monoisotopic (exact) mass is 440 g/mol. The molecule has 3 N–H and O–H groups in total. The molecule has 3 rings (SSSR count). The molecular formula is C17H20N4O8S. The summed E-state index contributed by atoms with van der Waals surface area (Å²) in [6.45, 7) is -0.0174. The molecular weight excluding hydrogens is 420 g/mol. The Labute approximate surface area is 175 Å². The van der Waals surface area contributed by atoms with Gasteiger partial charge in [0.05, 0.1) is 18.1 Å². The molecule has 2 fully saturated rings. The minimum Gasteiger partial charge on any atom is -0.481 e. The van der Waals surface area contributed by atoms with Gasteiger partial charge in [-0.05, 0) is 17.7 Å². The quantitative estimate of drug-likeness (QED) is 0.294. The zero-order valence-electron chi connectivity index (χ0n) is 15.9. The minimum atomic E-state index is -1.17. The van der Waals surface area contributed by atoms with Crippen LogP contribution in [0.2, 0.25) is 0 Å². The summed E-state index contributed by atoms with van der Waals surface area (Å²) < 4.78 is 5.02. The number of carbonyl (C=O) groups is 3. The van der Waals surface area contributed by atoms with Crippen LogP contribution in [0.4, 0.5) is 10.5 Å². The number of nitro benzene ring substituents is 1. The number of amides is 3. The lowest BCUT2D eigenvalue weighted by atomic mass is 9.88. The molecule has 2 heterocycles. The van der Waals surface area contributed by atoms with Crippen LogP contribution >= 0.6 is 11.8 Å². The fourth-order valence-corrected chi connectivity index (χ4v) is 4.77. The van der Waals surface area contributed by atoms with Crippen molar-refractivity contribution in [3.05, 3.63) is 39.9 Å². The van der Waals surface area contributed by atoms with E-state index in [1.165, 1.54) is 48.0 Å². The van der Waals surface area contributed by atoms with Gasteiger partial charge in [-0.15, -0.1) is 11.8 Å². The summed E-state index contributed by atoms with van der Waals surface area (Å²) in [5.74, 6) is -1.16. The Morgan fingerprint density at radius 3 is 2.70 bits per heavy atom. The summed E-state index contributed by atoms with van der Waals surface area (Å²) in [6.07, 6.45) is 0. The van der Waals surface area contributed by atoms with Gasteiger partial charge in [-0.3, -0.25) is 24.5 Å². The van der Waals surface area contributed by atoms with Crippen LogP contribution in [-0.2, 0) is 25.8 Å². The van der Waals surface area contributed by atoms with Crippen molar-refractivity contribution in [2.45, 2.75) is 18.0 Å². The first-order valence-electron chi connectivity index (χ1n) is 8.83. The lowest BCUT2D eigenvalue weighted by Gasteiger charge is -2.53.